The van der Waals surface area contributed by atoms with E-state index in [1.54, 1.807) is 0 Å². The molecule has 3 nitrogen and oxygen atoms in total. The molecule has 156 valence electrons. The van der Waals surface area contributed by atoms with Crippen LogP contribution in [0.2, 0.25) is 0 Å². The largest absolute Gasteiger partial charge is 0.309 e. The first kappa shape index (κ1) is 19.2. The van der Waals surface area contributed by atoms with Gasteiger partial charge in [0.25, 0.3) is 0 Å². The summed E-state index contributed by atoms with van der Waals surface area (Å²) in [5, 5.41) is 0. The highest BCUT2D eigenvalue weighted by Crippen LogP contribution is 2.43. The zero-order chi connectivity index (χ0) is 22.0. The van der Waals surface area contributed by atoms with Gasteiger partial charge < -0.3 is 4.90 Å². The number of pyridine rings is 2. The molecular weight excluding hydrogens is 402 g/mol. The first-order valence-corrected chi connectivity index (χ1v) is 11.0. The lowest BCUT2D eigenvalue weighted by atomic mass is 10.0. The van der Waals surface area contributed by atoms with Gasteiger partial charge in [0, 0.05) is 29.2 Å². The normalized spacial score (nSPS) is 12.1. The molecule has 2 aromatic heterocycles. The Bertz CT molecular complexity index is 1460. The minimum Gasteiger partial charge on any atom is -0.309 e. The van der Waals surface area contributed by atoms with Crippen LogP contribution in [-0.2, 0) is 0 Å². The molecular formula is C30H21N3. The summed E-state index contributed by atoms with van der Waals surface area (Å²) >= 11 is 0. The smallest absolute Gasteiger partial charge is 0.0702 e. The molecule has 0 fully saturated rings. The Morgan fingerprint density at radius 3 is 1.88 bits per heavy atom. The number of hydrogen-bond donors (Lipinski definition) is 0. The monoisotopic (exact) mass is 423 g/mol. The minimum absolute atomic E-state index is 0.961. The van der Waals surface area contributed by atoms with E-state index in [1.165, 1.54) is 5.56 Å². The molecule has 3 heterocycles. The average Bonchev–Trinajstić information content (AvgIpc) is 3.06. The summed E-state index contributed by atoms with van der Waals surface area (Å²) in [4.78, 5) is 11.5. The molecule has 0 bridgehead atoms. The van der Waals surface area contributed by atoms with E-state index in [0.717, 1.165) is 45.1 Å². The maximum Gasteiger partial charge on any atom is 0.0702 e. The van der Waals surface area contributed by atoms with Crippen LogP contribution >= 0.6 is 0 Å². The molecule has 0 radical (unpaired) electrons. The van der Waals surface area contributed by atoms with Crippen molar-refractivity contribution in [2.24, 2.45) is 0 Å². The fraction of sp³-hybridized carbons (Fsp3) is 0. The third-order valence-corrected chi connectivity index (χ3v) is 5.92. The van der Waals surface area contributed by atoms with E-state index >= 15 is 0 Å². The van der Waals surface area contributed by atoms with Crippen molar-refractivity contribution in [1.82, 2.24) is 9.97 Å². The third-order valence-electron chi connectivity index (χ3n) is 5.92. The molecule has 5 aromatic rings. The number of hydrogen-bond acceptors (Lipinski definition) is 3. The number of nitrogens with zero attached hydrogens (tertiary/aromatic N) is 3. The summed E-state index contributed by atoms with van der Waals surface area (Å²) in [6.07, 6.45) is 8.06. The van der Waals surface area contributed by atoms with Gasteiger partial charge in [0.2, 0.25) is 0 Å². The van der Waals surface area contributed by atoms with Crippen LogP contribution in [0.5, 0.6) is 0 Å². The Kier molecular flexibility index (Phi) is 4.78. The number of para-hydroxylation sites is 1. The first-order chi connectivity index (χ1) is 16.4. The highest BCUT2D eigenvalue weighted by molar-refractivity contribution is 5.95. The van der Waals surface area contributed by atoms with E-state index in [9.17, 15) is 0 Å². The van der Waals surface area contributed by atoms with Crippen molar-refractivity contribution in [2.75, 3.05) is 4.90 Å². The molecule has 3 heteroatoms. The van der Waals surface area contributed by atoms with Crippen LogP contribution in [0.4, 0.5) is 17.1 Å². The van der Waals surface area contributed by atoms with E-state index in [4.69, 9.17) is 0 Å². The van der Waals surface area contributed by atoms with Crippen molar-refractivity contribution < 1.29 is 0 Å². The van der Waals surface area contributed by atoms with Crippen LogP contribution in [0, 0.1) is 0 Å². The Hall–Kier alpha value is -4.50. The lowest BCUT2D eigenvalue weighted by Crippen LogP contribution is -2.12. The van der Waals surface area contributed by atoms with Gasteiger partial charge in [0.15, 0.2) is 0 Å². The fourth-order valence-electron chi connectivity index (χ4n) is 4.33. The Balaban J connectivity index is 1.57. The summed E-state index contributed by atoms with van der Waals surface area (Å²) in [5.74, 6) is 0. The van der Waals surface area contributed by atoms with Crippen molar-refractivity contribution in [3.8, 4) is 22.5 Å². The molecule has 0 aliphatic carbocycles. The molecule has 0 spiro atoms. The van der Waals surface area contributed by atoms with Crippen molar-refractivity contribution in [3.63, 3.8) is 0 Å². The SMILES string of the molecule is C1=Cc2ccc(-c3ccccn3)cc2N(c2cccc(-c3ccccn3)c2)c2ccccc21. The van der Waals surface area contributed by atoms with E-state index in [1.807, 2.05) is 48.8 Å². The highest BCUT2D eigenvalue weighted by atomic mass is 15.1. The number of rotatable bonds is 3. The number of benzene rings is 3. The molecule has 1 aliphatic heterocycles. The second kappa shape index (κ2) is 8.21. The average molecular weight is 424 g/mol. The standard InChI is InChI=1S/C30H21N3/c1-2-13-29-22(8-1)14-15-23-16-17-25(28-12-4-6-19-32-28)21-30(23)33(29)26-10-7-9-24(20-26)27-11-3-5-18-31-27/h1-21H. The summed E-state index contributed by atoms with van der Waals surface area (Å²) in [6, 6.07) is 35.7. The highest BCUT2D eigenvalue weighted by Gasteiger charge is 2.21. The summed E-state index contributed by atoms with van der Waals surface area (Å²) in [6.45, 7) is 0. The zero-order valence-corrected chi connectivity index (χ0v) is 18.0. The van der Waals surface area contributed by atoms with Gasteiger partial charge in [-0.15, -0.1) is 0 Å². The summed E-state index contributed by atoms with van der Waals surface area (Å²) < 4.78 is 0. The van der Waals surface area contributed by atoms with Crippen LogP contribution in [0.3, 0.4) is 0 Å². The Labute approximate surface area is 193 Å². The third kappa shape index (κ3) is 3.60. The topological polar surface area (TPSA) is 29.0 Å². The second-order valence-electron chi connectivity index (χ2n) is 7.98. The van der Waals surface area contributed by atoms with Gasteiger partial charge in [-0.3, -0.25) is 9.97 Å². The van der Waals surface area contributed by atoms with Gasteiger partial charge in [-0.05, 0) is 59.7 Å². The van der Waals surface area contributed by atoms with Gasteiger partial charge in [-0.2, -0.15) is 0 Å². The maximum absolute atomic E-state index is 4.57. The minimum atomic E-state index is 0.961. The van der Waals surface area contributed by atoms with E-state index in [-0.39, 0.29) is 0 Å². The summed E-state index contributed by atoms with van der Waals surface area (Å²) in [5.41, 5.74) is 9.80. The van der Waals surface area contributed by atoms with Gasteiger partial charge >= 0.3 is 0 Å². The van der Waals surface area contributed by atoms with Crippen LogP contribution in [0.1, 0.15) is 11.1 Å². The predicted octanol–water partition coefficient (Wildman–Crippen LogP) is 7.76. The molecule has 1 aliphatic rings. The van der Waals surface area contributed by atoms with Crippen molar-refractivity contribution in [2.45, 2.75) is 0 Å². The van der Waals surface area contributed by atoms with E-state index in [0.29, 0.717) is 0 Å². The van der Waals surface area contributed by atoms with Gasteiger partial charge in [0.05, 0.1) is 22.8 Å². The number of anilines is 3. The lowest BCUT2D eigenvalue weighted by molar-refractivity contribution is 1.26. The number of aromatic nitrogens is 2. The first-order valence-electron chi connectivity index (χ1n) is 11.0. The molecule has 0 amide bonds. The molecule has 3 aromatic carbocycles. The van der Waals surface area contributed by atoms with E-state index < -0.39 is 0 Å². The van der Waals surface area contributed by atoms with Crippen LogP contribution in [0.25, 0.3) is 34.7 Å². The van der Waals surface area contributed by atoms with Crippen molar-refractivity contribution >= 4 is 29.2 Å². The molecule has 0 N–H and O–H groups in total. The van der Waals surface area contributed by atoms with E-state index in [2.05, 4.69) is 93.7 Å². The maximum atomic E-state index is 4.57. The second-order valence-corrected chi connectivity index (χ2v) is 7.98. The molecule has 33 heavy (non-hydrogen) atoms. The molecule has 0 saturated carbocycles. The molecule has 0 atom stereocenters. The Morgan fingerprint density at radius 1 is 0.485 bits per heavy atom. The quantitative estimate of drug-likeness (QED) is 0.291. The summed E-state index contributed by atoms with van der Waals surface area (Å²) in [7, 11) is 0. The fourth-order valence-corrected chi connectivity index (χ4v) is 4.33. The predicted molar refractivity (Wildman–Crippen MR) is 137 cm³/mol. The zero-order valence-electron chi connectivity index (χ0n) is 18.0. The molecule has 6 rings (SSSR count). The Morgan fingerprint density at radius 2 is 1.15 bits per heavy atom. The molecule has 0 unspecified atom stereocenters. The van der Waals surface area contributed by atoms with Gasteiger partial charge in [-0.1, -0.05) is 66.7 Å². The van der Waals surface area contributed by atoms with Crippen molar-refractivity contribution in [1.29, 1.82) is 0 Å². The van der Waals surface area contributed by atoms with Crippen molar-refractivity contribution in [3.05, 3.63) is 127 Å². The van der Waals surface area contributed by atoms with Gasteiger partial charge in [-0.25, -0.2) is 0 Å². The van der Waals surface area contributed by atoms with Gasteiger partial charge in [0.1, 0.15) is 0 Å². The van der Waals surface area contributed by atoms with Crippen LogP contribution in [0.15, 0.2) is 116 Å². The number of fused-ring (bicyclic) bond motifs is 2. The lowest BCUT2D eigenvalue weighted by Gasteiger charge is -2.28. The van der Waals surface area contributed by atoms with Crippen LogP contribution in [-0.4, -0.2) is 9.97 Å². The molecule has 0 saturated heterocycles. The van der Waals surface area contributed by atoms with Crippen LogP contribution < -0.4 is 4.90 Å².